The Labute approximate surface area is 68.5 Å². The van der Waals surface area contributed by atoms with Crippen molar-refractivity contribution in [1.29, 1.82) is 0 Å². The standard InChI is InChI=1S/C6H15N3.ClH/c1-5(2)4-6(7)9-8-3;/h5,8H,4H2,1-3H3,(H2,7,9);1H. The highest BCUT2D eigenvalue weighted by Gasteiger charge is 1.95. The first-order chi connectivity index (χ1) is 4.16. The SMILES string of the molecule is CN/N=C(\N)CC(C)C.Cl. The molecule has 0 aromatic carbocycles. The second-order valence-electron chi connectivity index (χ2n) is 2.42. The molecule has 0 aliphatic carbocycles. The summed E-state index contributed by atoms with van der Waals surface area (Å²) < 4.78 is 0. The van der Waals surface area contributed by atoms with Gasteiger partial charge in [-0.15, -0.1) is 12.4 Å². The molecule has 0 aromatic rings. The number of nitrogens with zero attached hydrogens (tertiary/aromatic N) is 1. The predicted octanol–water partition coefficient (Wildman–Crippen LogP) is 0.946. The number of amidine groups is 1. The highest BCUT2D eigenvalue weighted by molar-refractivity contribution is 5.85. The van der Waals surface area contributed by atoms with Crippen LogP contribution in [0.5, 0.6) is 0 Å². The normalized spacial score (nSPS) is 11.0. The number of hydrazone groups is 1. The van der Waals surface area contributed by atoms with Crippen LogP contribution in [0.3, 0.4) is 0 Å². The van der Waals surface area contributed by atoms with Crippen molar-refractivity contribution in [2.24, 2.45) is 16.8 Å². The lowest BCUT2D eigenvalue weighted by Gasteiger charge is -2.01. The lowest BCUT2D eigenvalue weighted by Crippen LogP contribution is -2.17. The van der Waals surface area contributed by atoms with Crippen LogP contribution in [0.25, 0.3) is 0 Å². The lowest BCUT2D eigenvalue weighted by atomic mass is 10.1. The molecule has 0 spiro atoms. The Morgan fingerprint density at radius 1 is 1.60 bits per heavy atom. The fourth-order valence-corrected chi connectivity index (χ4v) is 0.608. The van der Waals surface area contributed by atoms with Gasteiger partial charge in [0.25, 0.3) is 0 Å². The van der Waals surface area contributed by atoms with Gasteiger partial charge < -0.3 is 11.2 Å². The minimum atomic E-state index is 0. The van der Waals surface area contributed by atoms with Crippen LogP contribution < -0.4 is 11.2 Å². The van der Waals surface area contributed by atoms with Gasteiger partial charge in [-0.3, -0.25) is 0 Å². The molecule has 0 bridgehead atoms. The van der Waals surface area contributed by atoms with E-state index in [1.54, 1.807) is 7.05 Å². The molecule has 0 aliphatic rings. The molecule has 0 saturated carbocycles. The van der Waals surface area contributed by atoms with Gasteiger partial charge >= 0.3 is 0 Å². The summed E-state index contributed by atoms with van der Waals surface area (Å²) in [4.78, 5) is 0. The summed E-state index contributed by atoms with van der Waals surface area (Å²) in [5.41, 5.74) is 8.11. The number of halogens is 1. The van der Waals surface area contributed by atoms with E-state index in [-0.39, 0.29) is 12.4 Å². The first-order valence-electron chi connectivity index (χ1n) is 3.15. The van der Waals surface area contributed by atoms with E-state index in [1.807, 2.05) is 0 Å². The van der Waals surface area contributed by atoms with Crippen LogP contribution in [-0.4, -0.2) is 12.9 Å². The van der Waals surface area contributed by atoms with Crippen LogP contribution in [0.1, 0.15) is 20.3 Å². The monoisotopic (exact) mass is 165 g/mol. The van der Waals surface area contributed by atoms with E-state index < -0.39 is 0 Å². The Kier molecular flexibility index (Phi) is 8.18. The third-order valence-corrected chi connectivity index (χ3v) is 0.873. The molecule has 0 amide bonds. The van der Waals surface area contributed by atoms with Gasteiger partial charge in [-0.05, 0) is 5.92 Å². The molecule has 0 unspecified atom stereocenters. The van der Waals surface area contributed by atoms with Crippen LogP contribution >= 0.6 is 12.4 Å². The van der Waals surface area contributed by atoms with E-state index in [1.165, 1.54) is 0 Å². The van der Waals surface area contributed by atoms with Crippen molar-refractivity contribution in [3.05, 3.63) is 0 Å². The smallest absolute Gasteiger partial charge is 0.119 e. The van der Waals surface area contributed by atoms with Crippen molar-refractivity contribution in [3.63, 3.8) is 0 Å². The van der Waals surface area contributed by atoms with E-state index >= 15 is 0 Å². The Hall–Kier alpha value is -0.440. The Balaban J connectivity index is 0. The zero-order chi connectivity index (χ0) is 7.28. The van der Waals surface area contributed by atoms with Crippen molar-refractivity contribution in [3.8, 4) is 0 Å². The molecule has 10 heavy (non-hydrogen) atoms. The Morgan fingerprint density at radius 2 is 2.10 bits per heavy atom. The van der Waals surface area contributed by atoms with Crippen LogP contribution in [0, 0.1) is 5.92 Å². The molecular weight excluding hydrogens is 150 g/mol. The van der Waals surface area contributed by atoms with Gasteiger partial charge in [0, 0.05) is 13.5 Å². The van der Waals surface area contributed by atoms with E-state index in [2.05, 4.69) is 24.4 Å². The number of hydrogen-bond donors (Lipinski definition) is 2. The van der Waals surface area contributed by atoms with Gasteiger partial charge in [0.2, 0.25) is 0 Å². The second-order valence-corrected chi connectivity index (χ2v) is 2.42. The zero-order valence-electron chi connectivity index (χ0n) is 6.72. The van der Waals surface area contributed by atoms with E-state index in [9.17, 15) is 0 Å². The van der Waals surface area contributed by atoms with E-state index in [0.29, 0.717) is 11.8 Å². The zero-order valence-corrected chi connectivity index (χ0v) is 7.53. The molecule has 0 fully saturated rings. The molecule has 4 heteroatoms. The Bertz CT molecular complexity index is 101. The molecule has 0 aliphatic heterocycles. The number of hydrogen-bond acceptors (Lipinski definition) is 2. The molecule has 0 saturated heterocycles. The summed E-state index contributed by atoms with van der Waals surface area (Å²) >= 11 is 0. The van der Waals surface area contributed by atoms with Crippen LogP contribution in [0.4, 0.5) is 0 Å². The summed E-state index contributed by atoms with van der Waals surface area (Å²) in [7, 11) is 1.74. The highest BCUT2D eigenvalue weighted by Crippen LogP contribution is 1.96. The average molecular weight is 166 g/mol. The quantitative estimate of drug-likeness (QED) is 0.372. The lowest BCUT2D eigenvalue weighted by molar-refractivity contribution is 0.675. The summed E-state index contributed by atoms with van der Waals surface area (Å²) in [6, 6.07) is 0. The van der Waals surface area contributed by atoms with Gasteiger partial charge in [0.15, 0.2) is 0 Å². The van der Waals surface area contributed by atoms with Crippen molar-refractivity contribution in [1.82, 2.24) is 5.43 Å². The summed E-state index contributed by atoms with van der Waals surface area (Å²) in [5.74, 6) is 1.26. The van der Waals surface area contributed by atoms with Crippen molar-refractivity contribution < 1.29 is 0 Å². The fourth-order valence-electron chi connectivity index (χ4n) is 0.608. The van der Waals surface area contributed by atoms with Crippen LogP contribution in [0.15, 0.2) is 5.10 Å². The van der Waals surface area contributed by atoms with Crippen molar-refractivity contribution >= 4 is 18.2 Å². The highest BCUT2D eigenvalue weighted by atomic mass is 35.5. The number of nitrogens with two attached hydrogens (primary N) is 1. The fraction of sp³-hybridized carbons (Fsp3) is 0.833. The minimum absolute atomic E-state index is 0. The molecule has 0 rings (SSSR count). The van der Waals surface area contributed by atoms with E-state index in [4.69, 9.17) is 5.73 Å². The van der Waals surface area contributed by atoms with Gasteiger partial charge in [-0.1, -0.05) is 13.8 Å². The largest absolute Gasteiger partial charge is 0.386 e. The first-order valence-corrected chi connectivity index (χ1v) is 3.15. The molecule has 0 aromatic heterocycles. The minimum Gasteiger partial charge on any atom is -0.386 e. The molecule has 62 valence electrons. The van der Waals surface area contributed by atoms with Crippen molar-refractivity contribution in [2.45, 2.75) is 20.3 Å². The predicted molar refractivity (Wildman–Crippen MR) is 47.4 cm³/mol. The molecular formula is C6H16ClN3. The van der Waals surface area contributed by atoms with Gasteiger partial charge in [0.1, 0.15) is 5.84 Å². The third kappa shape index (κ3) is 7.56. The summed E-state index contributed by atoms with van der Waals surface area (Å²) in [5, 5.41) is 3.81. The molecule has 0 radical (unpaired) electrons. The molecule has 0 atom stereocenters. The first kappa shape index (κ1) is 12.3. The topological polar surface area (TPSA) is 50.4 Å². The Morgan fingerprint density at radius 3 is 2.40 bits per heavy atom. The summed E-state index contributed by atoms with van der Waals surface area (Å²) in [6.45, 7) is 4.22. The van der Waals surface area contributed by atoms with Crippen molar-refractivity contribution in [2.75, 3.05) is 7.05 Å². The maximum Gasteiger partial charge on any atom is 0.119 e. The summed E-state index contributed by atoms with van der Waals surface area (Å²) in [6.07, 6.45) is 0.862. The molecule has 3 nitrogen and oxygen atoms in total. The molecule has 3 N–H and O–H groups in total. The second kappa shape index (κ2) is 6.68. The van der Waals surface area contributed by atoms with Crippen LogP contribution in [0.2, 0.25) is 0 Å². The number of nitrogens with one attached hydrogen (secondary N) is 1. The van der Waals surface area contributed by atoms with Gasteiger partial charge in [0.05, 0.1) is 0 Å². The van der Waals surface area contributed by atoms with Gasteiger partial charge in [-0.2, -0.15) is 5.10 Å². The third-order valence-electron chi connectivity index (χ3n) is 0.873. The van der Waals surface area contributed by atoms with Crippen LogP contribution in [-0.2, 0) is 0 Å². The van der Waals surface area contributed by atoms with Gasteiger partial charge in [-0.25, -0.2) is 0 Å². The van der Waals surface area contributed by atoms with E-state index in [0.717, 1.165) is 6.42 Å². The molecule has 0 heterocycles. The maximum absolute atomic E-state index is 5.47. The number of rotatable bonds is 3. The average Bonchev–Trinajstić information content (AvgIpc) is 1.63. The maximum atomic E-state index is 5.47.